The number of aromatic nitrogens is 2. The van der Waals surface area contributed by atoms with Crippen LogP contribution >= 0.6 is 0 Å². The molecular formula is C15H20N2O2. The molecule has 4 heteroatoms. The summed E-state index contributed by atoms with van der Waals surface area (Å²) in [5.74, 6) is 0.355. The summed E-state index contributed by atoms with van der Waals surface area (Å²) >= 11 is 0. The van der Waals surface area contributed by atoms with Gasteiger partial charge in [-0.3, -0.25) is 4.68 Å². The highest BCUT2D eigenvalue weighted by atomic mass is 16.5. The molecule has 1 N–H and O–H groups in total. The number of rotatable bonds is 5. The van der Waals surface area contributed by atoms with Crippen molar-refractivity contribution in [2.24, 2.45) is 13.0 Å². The first kappa shape index (κ1) is 12.6. The van der Waals surface area contributed by atoms with E-state index in [2.05, 4.69) is 17.2 Å². The first-order chi connectivity index (χ1) is 9.14. The molecule has 102 valence electrons. The van der Waals surface area contributed by atoms with Crippen molar-refractivity contribution in [1.29, 1.82) is 0 Å². The highest BCUT2D eigenvalue weighted by Gasteiger charge is 2.44. The van der Waals surface area contributed by atoms with Crippen LogP contribution in [0.2, 0.25) is 0 Å². The zero-order valence-electron chi connectivity index (χ0n) is 11.5. The average molecular weight is 260 g/mol. The molecular weight excluding hydrogens is 240 g/mol. The highest BCUT2D eigenvalue weighted by molar-refractivity contribution is 5.81. The molecule has 0 spiro atoms. The first-order valence-corrected chi connectivity index (χ1v) is 6.76. The molecule has 1 fully saturated rings. The Kier molecular flexibility index (Phi) is 3.07. The molecule has 3 rings (SSSR count). The maximum absolute atomic E-state index is 10.8. The molecule has 1 heterocycles. The quantitative estimate of drug-likeness (QED) is 0.893. The van der Waals surface area contributed by atoms with Gasteiger partial charge in [-0.1, -0.05) is 18.2 Å². The summed E-state index contributed by atoms with van der Waals surface area (Å²) in [5.41, 5.74) is 1.30. The molecule has 1 atom stereocenters. The Balaban J connectivity index is 1.96. The lowest BCUT2D eigenvalue weighted by Crippen LogP contribution is -2.39. The van der Waals surface area contributed by atoms with E-state index >= 15 is 0 Å². The molecule has 1 saturated carbocycles. The van der Waals surface area contributed by atoms with Crippen molar-refractivity contribution in [1.82, 2.24) is 9.78 Å². The van der Waals surface area contributed by atoms with Crippen LogP contribution in [0.3, 0.4) is 0 Å². The normalized spacial score (nSPS) is 18.7. The topological polar surface area (TPSA) is 47.3 Å². The monoisotopic (exact) mass is 260 g/mol. The number of aryl methyl sites for hydroxylation is 1. The second kappa shape index (κ2) is 4.62. The Morgan fingerprint density at radius 2 is 2.16 bits per heavy atom. The van der Waals surface area contributed by atoms with Crippen LogP contribution in [0.15, 0.2) is 24.3 Å². The van der Waals surface area contributed by atoms with E-state index in [-0.39, 0.29) is 0 Å². The van der Waals surface area contributed by atoms with Crippen LogP contribution in [-0.4, -0.2) is 34.2 Å². The molecule has 0 saturated heterocycles. The van der Waals surface area contributed by atoms with Gasteiger partial charge < -0.3 is 9.84 Å². The van der Waals surface area contributed by atoms with E-state index < -0.39 is 5.60 Å². The third-order valence-corrected chi connectivity index (χ3v) is 4.04. The summed E-state index contributed by atoms with van der Waals surface area (Å²) in [6, 6.07) is 8.15. The largest absolute Gasteiger partial charge is 0.387 e. The number of benzene rings is 1. The van der Waals surface area contributed by atoms with Gasteiger partial charge in [-0.15, -0.1) is 0 Å². The van der Waals surface area contributed by atoms with Gasteiger partial charge in [0, 0.05) is 26.0 Å². The van der Waals surface area contributed by atoms with Gasteiger partial charge in [0.15, 0.2) is 0 Å². The number of ether oxygens (including phenoxy) is 1. The van der Waals surface area contributed by atoms with Crippen molar-refractivity contribution in [3.8, 4) is 0 Å². The van der Waals surface area contributed by atoms with Crippen molar-refractivity contribution in [2.45, 2.75) is 24.9 Å². The van der Waals surface area contributed by atoms with E-state index in [9.17, 15) is 5.11 Å². The number of para-hydroxylation sites is 1. The van der Waals surface area contributed by atoms with Crippen LogP contribution in [0.1, 0.15) is 18.5 Å². The summed E-state index contributed by atoms with van der Waals surface area (Å²) in [7, 11) is 3.59. The van der Waals surface area contributed by atoms with Crippen molar-refractivity contribution >= 4 is 10.9 Å². The molecule has 1 aliphatic rings. The van der Waals surface area contributed by atoms with Crippen LogP contribution in [0, 0.1) is 5.92 Å². The molecule has 4 nitrogen and oxygen atoms in total. The Morgan fingerprint density at radius 1 is 1.42 bits per heavy atom. The number of hydrogen-bond acceptors (Lipinski definition) is 3. The van der Waals surface area contributed by atoms with Crippen LogP contribution < -0.4 is 0 Å². The molecule has 1 unspecified atom stereocenters. The molecule has 19 heavy (non-hydrogen) atoms. The van der Waals surface area contributed by atoms with Crippen LogP contribution in [-0.2, 0) is 18.2 Å². The predicted octanol–water partition coefficient (Wildman–Crippen LogP) is 1.90. The van der Waals surface area contributed by atoms with Crippen molar-refractivity contribution in [3.63, 3.8) is 0 Å². The summed E-state index contributed by atoms with van der Waals surface area (Å²) in [6.07, 6.45) is 2.74. The van der Waals surface area contributed by atoms with Crippen LogP contribution in [0.25, 0.3) is 10.9 Å². The minimum absolute atomic E-state index is 0.355. The van der Waals surface area contributed by atoms with E-state index in [1.54, 1.807) is 7.11 Å². The number of methoxy groups -OCH3 is 1. The molecule has 0 amide bonds. The average Bonchev–Trinajstić information content (AvgIpc) is 3.19. The summed E-state index contributed by atoms with van der Waals surface area (Å²) in [4.78, 5) is 0. The Hall–Kier alpha value is -1.39. The number of fused-ring (bicyclic) bond motifs is 1. The fraction of sp³-hybridized carbons (Fsp3) is 0.533. The second-order valence-electron chi connectivity index (χ2n) is 5.58. The maximum Gasteiger partial charge on any atom is 0.0963 e. The van der Waals surface area contributed by atoms with Crippen LogP contribution in [0.4, 0.5) is 0 Å². The van der Waals surface area contributed by atoms with Gasteiger partial charge in [-0.2, -0.15) is 5.10 Å². The fourth-order valence-corrected chi connectivity index (χ4v) is 2.89. The van der Waals surface area contributed by atoms with Gasteiger partial charge in [0.2, 0.25) is 0 Å². The lowest BCUT2D eigenvalue weighted by atomic mass is 9.92. The Morgan fingerprint density at radius 3 is 2.84 bits per heavy atom. The van der Waals surface area contributed by atoms with Crippen LogP contribution in [0.5, 0.6) is 0 Å². The summed E-state index contributed by atoms with van der Waals surface area (Å²) < 4.78 is 7.09. The van der Waals surface area contributed by atoms with Crippen molar-refractivity contribution in [3.05, 3.63) is 30.0 Å². The van der Waals surface area contributed by atoms with E-state index in [0.29, 0.717) is 18.9 Å². The van der Waals surface area contributed by atoms with E-state index in [4.69, 9.17) is 4.74 Å². The number of aliphatic hydroxyl groups is 1. The molecule has 2 aromatic rings. The summed E-state index contributed by atoms with van der Waals surface area (Å²) in [6.45, 7) is 0.378. The standard InChI is InChI=1S/C15H20N2O2/c1-17-14-6-4-3-5-12(14)13(16-17)9-15(18,10-19-2)11-7-8-11/h3-6,11,18H,7-10H2,1-2H3. The minimum Gasteiger partial charge on any atom is -0.387 e. The van der Waals surface area contributed by atoms with Gasteiger partial charge in [0.1, 0.15) is 0 Å². The van der Waals surface area contributed by atoms with E-state index in [0.717, 1.165) is 29.4 Å². The lowest BCUT2D eigenvalue weighted by molar-refractivity contribution is -0.0479. The molecule has 0 radical (unpaired) electrons. The van der Waals surface area contributed by atoms with Crippen molar-refractivity contribution in [2.75, 3.05) is 13.7 Å². The van der Waals surface area contributed by atoms with Gasteiger partial charge >= 0.3 is 0 Å². The molecule has 0 bridgehead atoms. The van der Waals surface area contributed by atoms with Gasteiger partial charge in [-0.25, -0.2) is 0 Å². The molecule has 1 aliphatic carbocycles. The van der Waals surface area contributed by atoms with Gasteiger partial charge in [-0.05, 0) is 24.8 Å². The summed E-state index contributed by atoms with van der Waals surface area (Å²) in [5, 5.41) is 16.5. The predicted molar refractivity (Wildman–Crippen MR) is 74.0 cm³/mol. The highest BCUT2D eigenvalue weighted by Crippen LogP contribution is 2.42. The third kappa shape index (κ3) is 2.26. The van der Waals surface area contributed by atoms with E-state index in [1.807, 2.05) is 23.9 Å². The third-order valence-electron chi connectivity index (χ3n) is 4.04. The fourth-order valence-electron chi connectivity index (χ4n) is 2.89. The van der Waals surface area contributed by atoms with Gasteiger partial charge in [0.25, 0.3) is 0 Å². The zero-order valence-corrected chi connectivity index (χ0v) is 11.5. The minimum atomic E-state index is -0.772. The SMILES string of the molecule is COCC(O)(Cc1nn(C)c2ccccc12)C1CC1. The first-order valence-electron chi connectivity index (χ1n) is 6.76. The smallest absolute Gasteiger partial charge is 0.0963 e. The van der Waals surface area contributed by atoms with Crippen molar-refractivity contribution < 1.29 is 9.84 Å². The van der Waals surface area contributed by atoms with Gasteiger partial charge in [0.05, 0.1) is 23.4 Å². The Labute approximate surface area is 113 Å². The zero-order chi connectivity index (χ0) is 13.5. The molecule has 1 aromatic carbocycles. The Bertz CT molecular complexity index is 589. The number of nitrogens with zero attached hydrogens (tertiary/aromatic N) is 2. The second-order valence-corrected chi connectivity index (χ2v) is 5.58. The van der Waals surface area contributed by atoms with E-state index in [1.165, 1.54) is 0 Å². The lowest BCUT2D eigenvalue weighted by Gasteiger charge is -2.26. The number of hydrogen-bond donors (Lipinski definition) is 1. The molecule has 0 aliphatic heterocycles. The maximum atomic E-state index is 10.8. The molecule has 1 aromatic heterocycles.